The third kappa shape index (κ3) is 4.49. The minimum absolute atomic E-state index is 0.341. The molecule has 1 unspecified atom stereocenters. The molecule has 0 spiro atoms. The van der Waals surface area contributed by atoms with Gasteiger partial charge in [0.1, 0.15) is 0 Å². The average Bonchev–Trinajstić information content (AvgIpc) is 2.34. The highest BCUT2D eigenvalue weighted by molar-refractivity contribution is 5.72. The smallest absolute Gasteiger partial charge is 0.333 e. The van der Waals surface area contributed by atoms with E-state index < -0.39 is 12.1 Å². The summed E-state index contributed by atoms with van der Waals surface area (Å²) in [6.07, 6.45) is 0.596. The molecule has 1 rings (SSSR count). The van der Waals surface area contributed by atoms with Crippen LogP contribution < -0.4 is 0 Å². The van der Waals surface area contributed by atoms with Gasteiger partial charge in [0, 0.05) is 6.42 Å². The van der Waals surface area contributed by atoms with Gasteiger partial charge in [0.15, 0.2) is 6.10 Å². The molecule has 18 heavy (non-hydrogen) atoms. The van der Waals surface area contributed by atoms with Gasteiger partial charge in [0.05, 0.1) is 6.61 Å². The van der Waals surface area contributed by atoms with E-state index in [1.54, 1.807) is 0 Å². The van der Waals surface area contributed by atoms with Crippen LogP contribution in [0.25, 0.3) is 0 Å². The molecule has 1 atom stereocenters. The first-order valence-corrected chi connectivity index (χ1v) is 6.45. The summed E-state index contributed by atoms with van der Waals surface area (Å²) in [5.41, 5.74) is 2.26. The molecule has 0 aliphatic heterocycles. The van der Waals surface area contributed by atoms with Crippen LogP contribution in [0.3, 0.4) is 0 Å². The Labute approximate surface area is 109 Å². The van der Waals surface area contributed by atoms with Crippen molar-refractivity contribution in [2.75, 3.05) is 6.61 Å². The molecule has 1 aromatic carbocycles. The highest BCUT2D eigenvalue weighted by Gasteiger charge is 2.20. The maximum Gasteiger partial charge on any atom is 0.333 e. The van der Waals surface area contributed by atoms with Gasteiger partial charge >= 0.3 is 5.97 Å². The molecule has 100 valence electrons. The second-order valence-corrected chi connectivity index (χ2v) is 4.88. The van der Waals surface area contributed by atoms with Crippen LogP contribution in [0.1, 0.15) is 31.9 Å². The predicted octanol–water partition coefficient (Wildman–Crippen LogP) is 2.92. The van der Waals surface area contributed by atoms with Crippen LogP contribution in [0.15, 0.2) is 24.3 Å². The number of aryl methyl sites for hydroxylation is 1. The summed E-state index contributed by atoms with van der Waals surface area (Å²) in [7, 11) is 0. The molecule has 3 nitrogen and oxygen atoms in total. The van der Waals surface area contributed by atoms with Gasteiger partial charge in [-0.2, -0.15) is 0 Å². The highest BCUT2D eigenvalue weighted by atomic mass is 16.5. The molecule has 0 saturated heterocycles. The Morgan fingerprint density at radius 1 is 1.28 bits per heavy atom. The maximum atomic E-state index is 11.2. The van der Waals surface area contributed by atoms with Gasteiger partial charge in [-0.25, -0.2) is 4.79 Å². The second kappa shape index (κ2) is 7.17. The lowest BCUT2D eigenvalue weighted by Crippen LogP contribution is -2.28. The lowest BCUT2D eigenvalue weighted by Gasteiger charge is -2.17. The Kier molecular flexibility index (Phi) is 5.86. The van der Waals surface area contributed by atoms with Crippen LogP contribution in [-0.2, 0) is 22.4 Å². The molecular formula is C15H22O3. The minimum Gasteiger partial charge on any atom is -0.479 e. The summed E-state index contributed by atoms with van der Waals surface area (Å²) in [4.78, 5) is 11.2. The van der Waals surface area contributed by atoms with Crippen LogP contribution in [0.2, 0.25) is 0 Å². The molecule has 0 bridgehead atoms. The first-order valence-electron chi connectivity index (χ1n) is 6.45. The van der Waals surface area contributed by atoms with Crippen LogP contribution in [0, 0.1) is 5.92 Å². The Morgan fingerprint density at radius 3 is 2.39 bits per heavy atom. The molecule has 1 N–H and O–H groups in total. The highest BCUT2D eigenvalue weighted by Crippen LogP contribution is 2.14. The summed E-state index contributed by atoms with van der Waals surface area (Å²) in [6, 6.07) is 7.94. The fraction of sp³-hybridized carbons (Fsp3) is 0.533. The first kappa shape index (κ1) is 14.7. The van der Waals surface area contributed by atoms with Gasteiger partial charge in [-0.15, -0.1) is 0 Å². The lowest BCUT2D eigenvalue weighted by atomic mass is 10.00. The van der Waals surface area contributed by atoms with Crippen LogP contribution in [0.5, 0.6) is 0 Å². The molecule has 0 heterocycles. The number of rotatable bonds is 7. The third-order valence-electron chi connectivity index (χ3n) is 2.81. The number of carboxylic acids is 1. The zero-order valence-corrected chi connectivity index (χ0v) is 11.3. The van der Waals surface area contributed by atoms with Crippen molar-refractivity contribution in [1.29, 1.82) is 0 Å². The van der Waals surface area contributed by atoms with Gasteiger partial charge in [-0.05, 0) is 23.5 Å². The summed E-state index contributed by atoms with van der Waals surface area (Å²) in [5, 5.41) is 9.19. The average molecular weight is 250 g/mol. The Balaban J connectivity index is 2.73. The van der Waals surface area contributed by atoms with E-state index in [9.17, 15) is 9.90 Å². The molecule has 0 saturated carbocycles. The number of hydrogen-bond acceptors (Lipinski definition) is 2. The number of carboxylic acid groups (broad SMARTS) is 1. The van der Waals surface area contributed by atoms with Crippen molar-refractivity contribution in [2.45, 2.75) is 39.7 Å². The van der Waals surface area contributed by atoms with Gasteiger partial charge in [-0.1, -0.05) is 45.0 Å². The Hall–Kier alpha value is -1.35. The third-order valence-corrected chi connectivity index (χ3v) is 2.81. The summed E-state index contributed by atoms with van der Waals surface area (Å²) in [6.45, 7) is 6.58. The summed E-state index contributed by atoms with van der Waals surface area (Å²) in [5.74, 6) is -0.546. The molecule has 0 aromatic heterocycles. The van der Waals surface area contributed by atoms with E-state index in [2.05, 4.69) is 6.92 Å². The number of aliphatic carboxylic acids is 1. The molecule has 3 heteroatoms. The van der Waals surface area contributed by atoms with E-state index in [4.69, 9.17) is 4.74 Å². The number of hydrogen-bond donors (Lipinski definition) is 1. The van der Waals surface area contributed by atoms with Crippen molar-refractivity contribution < 1.29 is 14.6 Å². The molecular weight excluding hydrogens is 228 g/mol. The lowest BCUT2D eigenvalue weighted by molar-refractivity contribution is -0.150. The zero-order chi connectivity index (χ0) is 13.5. The minimum atomic E-state index is -0.887. The molecule has 0 aliphatic carbocycles. The van der Waals surface area contributed by atoms with E-state index in [-0.39, 0.29) is 0 Å². The second-order valence-electron chi connectivity index (χ2n) is 4.88. The van der Waals surface area contributed by atoms with Crippen molar-refractivity contribution in [1.82, 2.24) is 0 Å². The maximum absolute atomic E-state index is 11.2. The number of benzene rings is 1. The number of carbonyl (C=O) groups is 1. The molecule has 1 aromatic rings. The van der Waals surface area contributed by atoms with E-state index in [1.165, 1.54) is 5.56 Å². The predicted molar refractivity (Wildman–Crippen MR) is 71.7 cm³/mol. The topological polar surface area (TPSA) is 46.5 Å². The van der Waals surface area contributed by atoms with E-state index in [0.29, 0.717) is 18.9 Å². The Bertz CT molecular complexity index is 385. The molecule has 0 fully saturated rings. The van der Waals surface area contributed by atoms with Crippen molar-refractivity contribution in [3.05, 3.63) is 35.4 Å². The van der Waals surface area contributed by atoms with Crippen molar-refractivity contribution in [3.63, 3.8) is 0 Å². The van der Waals surface area contributed by atoms with Crippen LogP contribution in [-0.4, -0.2) is 23.8 Å². The van der Waals surface area contributed by atoms with E-state index in [0.717, 1.165) is 12.0 Å². The van der Waals surface area contributed by atoms with Gasteiger partial charge in [0.2, 0.25) is 0 Å². The fourth-order valence-electron chi connectivity index (χ4n) is 1.83. The Morgan fingerprint density at radius 2 is 1.89 bits per heavy atom. The van der Waals surface area contributed by atoms with Gasteiger partial charge in [-0.3, -0.25) is 0 Å². The monoisotopic (exact) mass is 250 g/mol. The normalized spacial score (nSPS) is 12.7. The standard InChI is InChI=1S/C15H22O3/c1-4-12-7-5-6-8-13(12)9-14(15(16)17)18-10-11(2)3/h5-8,11,14H,4,9-10H2,1-3H3,(H,16,17). The van der Waals surface area contributed by atoms with Crippen LogP contribution >= 0.6 is 0 Å². The van der Waals surface area contributed by atoms with Crippen molar-refractivity contribution >= 4 is 5.97 Å². The molecule has 0 aliphatic rings. The van der Waals surface area contributed by atoms with Crippen molar-refractivity contribution in [3.8, 4) is 0 Å². The van der Waals surface area contributed by atoms with E-state index >= 15 is 0 Å². The quantitative estimate of drug-likeness (QED) is 0.809. The summed E-state index contributed by atoms with van der Waals surface area (Å²) < 4.78 is 5.47. The zero-order valence-electron chi connectivity index (χ0n) is 11.3. The number of ether oxygens (including phenoxy) is 1. The van der Waals surface area contributed by atoms with Crippen molar-refractivity contribution in [2.24, 2.45) is 5.92 Å². The van der Waals surface area contributed by atoms with Gasteiger partial charge < -0.3 is 9.84 Å². The molecule has 0 radical (unpaired) electrons. The fourth-order valence-corrected chi connectivity index (χ4v) is 1.83. The SMILES string of the molecule is CCc1ccccc1CC(OCC(C)C)C(=O)O. The van der Waals surface area contributed by atoms with Gasteiger partial charge in [0.25, 0.3) is 0 Å². The largest absolute Gasteiger partial charge is 0.479 e. The van der Waals surface area contributed by atoms with Crippen LogP contribution in [0.4, 0.5) is 0 Å². The van der Waals surface area contributed by atoms with E-state index in [1.807, 2.05) is 38.1 Å². The summed E-state index contributed by atoms with van der Waals surface area (Å²) >= 11 is 0. The first-order chi connectivity index (χ1) is 8.54. The molecule has 0 amide bonds.